The smallest absolute Gasteiger partial charge is 0.323 e. The number of amides is 1. The summed E-state index contributed by atoms with van der Waals surface area (Å²) in [5.74, 6) is -2.57. The number of hydrogen-bond donors (Lipinski definition) is 1. The summed E-state index contributed by atoms with van der Waals surface area (Å²) in [6.45, 7) is 2.81. The second-order valence-corrected chi connectivity index (χ2v) is 10.00. The van der Waals surface area contributed by atoms with Gasteiger partial charge in [0, 0.05) is 23.5 Å². The number of benzene rings is 3. The summed E-state index contributed by atoms with van der Waals surface area (Å²) in [7, 11) is 0. The molecule has 4 rings (SSSR count). The fraction of sp³-hybridized carbons (Fsp3) is 0.310. The zero-order valence-corrected chi connectivity index (χ0v) is 22.0. The van der Waals surface area contributed by atoms with Gasteiger partial charge in [0.15, 0.2) is 11.6 Å². The fourth-order valence-electron chi connectivity index (χ4n) is 4.48. The van der Waals surface area contributed by atoms with E-state index in [-0.39, 0.29) is 19.1 Å². The molecule has 1 N–H and O–H groups in total. The highest BCUT2D eigenvalue weighted by Crippen LogP contribution is 2.33. The van der Waals surface area contributed by atoms with Gasteiger partial charge in [-0.05, 0) is 85.3 Å². The normalized spacial score (nSPS) is 13.4. The molecule has 0 unspecified atom stereocenters. The van der Waals surface area contributed by atoms with Crippen LogP contribution in [0.25, 0.3) is 11.1 Å². The van der Waals surface area contributed by atoms with E-state index >= 15 is 0 Å². The van der Waals surface area contributed by atoms with Crippen LogP contribution in [-0.2, 0) is 11.4 Å². The van der Waals surface area contributed by atoms with Crippen molar-refractivity contribution >= 4 is 23.6 Å². The molecule has 1 saturated heterocycles. The van der Waals surface area contributed by atoms with Crippen LogP contribution < -0.4 is 4.74 Å². The summed E-state index contributed by atoms with van der Waals surface area (Å²) in [5.41, 5.74) is 2.51. The van der Waals surface area contributed by atoms with E-state index in [9.17, 15) is 23.5 Å². The highest BCUT2D eigenvalue weighted by molar-refractivity contribution is 7.98. The Bertz CT molecular complexity index is 1280. The highest BCUT2D eigenvalue weighted by Gasteiger charge is 2.21. The maximum atomic E-state index is 13.8. The van der Waals surface area contributed by atoms with Crippen LogP contribution in [-0.4, -0.2) is 65.8 Å². The Labute approximate surface area is 225 Å². The lowest BCUT2D eigenvalue weighted by Crippen LogP contribution is -2.40. The minimum Gasteiger partial charge on any atom is -0.489 e. The van der Waals surface area contributed by atoms with E-state index in [4.69, 9.17) is 4.74 Å². The molecule has 0 atom stereocenters. The first-order valence-corrected chi connectivity index (χ1v) is 13.6. The lowest BCUT2D eigenvalue weighted by molar-refractivity contribution is -0.137. The van der Waals surface area contributed by atoms with Crippen molar-refractivity contribution in [1.82, 2.24) is 9.80 Å². The number of ether oxygens (including phenoxy) is 1. The van der Waals surface area contributed by atoms with Gasteiger partial charge in [0.25, 0.3) is 5.91 Å². The third-order valence-electron chi connectivity index (χ3n) is 6.49. The number of carbonyl (C=O) groups is 2. The second kappa shape index (κ2) is 12.9. The molecule has 200 valence electrons. The molecule has 0 spiro atoms. The van der Waals surface area contributed by atoms with Gasteiger partial charge in [-0.2, -0.15) is 0 Å². The molecule has 3 aromatic carbocycles. The number of nitrogens with zero attached hydrogens (tertiary/aromatic N) is 2. The number of aliphatic carboxylic acids is 1. The summed E-state index contributed by atoms with van der Waals surface area (Å²) < 4.78 is 33.3. The van der Waals surface area contributed by atoms with E-state index in [0.717, 1.165) is 37.1 Å². The zero-order chi connectivity index (χ0) is 27.1. The number of rotatable bonds is 11. The Kier molecular flexibility index (Phi) is 9.36. The fourth-order valence-corrected chi connectivity index (χ4v) is 5.10. The number of carboxylic acid groups (broad SMARTS) is 1. The van der Waals surface area contributed by atoms with E-state index in [1.807, 2.05) is 6.07 Å². The first-order valence-electron chi connectivity index (χ1n) is 12.4. The molecule has 3 aromatic rings. The lowest BCUT2D eigenvalue weighted by Gasteiger charge is -2.24. The maximum absolute atomic E-state index is 13.8. The largest absolute Gasteiger partial charge is 0.489 e. The predicted octanol–water partition coefficient (Wildman–Crippen LogP) is 5.56. The Morgan fingerprint density at radius 2 is 1.74 bits per heavy atom. The third kappa shape index (κ3) is 7.11. The first kappa shape index (κ1) is 27.6. The van der Waals surface area contributed by atoms with Gasteiger partial charge in [-0.1, -0.05) is 24.3 Å². The van der Waals surface area contributed by atoms with Crippen LogP contribution in [0.15, 0.2) is 65.6 Å². The molecule has 1 amide bonds. The average Bonchev–Trinajstić information content (AvgIpc) is 3.45. The van der Waals surface area contributed by atoms with Gasteiger partial charge in [-0.15, -0.1) is 11.8 Å². The van der Waals surface area contributed by atoms with E-state index < -0.39 is 17.6 Å². The van der Waals surface area contributed by atoms with Crippen molar-refractivity contribution in [2.75, 3.05) is 39.0 Å². The van der Waals surface area contributed by atoms with Crippen LogP contribution in [0.3, 0.4) is 0 Å². The summed E-state index contributed by atoms with van der Waals surface area (Å²) in [4.78, 5) is 28.8. The summed E-state index contributed by atoms with van der Waals surface area (Å²) >= 11 is 1.34. The minimum absolute atomic E-state index is 0.203. The SMILES string of the molecule is CSc1cc(F)c(F)cc1-c1ccc(OCc2cccc(C(=O)N(CCN3CCCC3)CC(=O)O)c2)cc1. The van der Waals surface area contributed by atoms with E-state index in [0.29, 0.717) is 34.9 Å². The Morgan fingerprint density at radius 3 is 2.42 bits per heavy atom. The second-order valence-electron chi connectivity index (χ2n) is 9.15. The number of thioether (sulfide) groups is 1. The Hall–Kier alpha value is -3.43. The van der Waals surface area contributed by atoms with Gasteiger partial charge in [0.1, 0.15) is 18.9 Å². The van der Waals surface area contributed by atoms with Crippen molar-refractivity contribution in [3.63, 3.8) is 0 Å². The molecular weight excluding hydrogens is 510 g/mol. The van der Waals surface area contributed by atoms with Crippen molar-refractivity contribution in [3.8, 4) is 16.9 Å². The van der Waals surface area contributed by atoms with E-state index in [1.54, 1.807) is 48.7 Å². The number of hydrogen-bond acceptors (Lipinski definition) is 5. The third-order valence-corrected chi connectivity index (χ3v) is 7.26. The summed E-state index contributed by atoms with van der Waals surface area (Å²) in [6.07, 6.45) is 4.06. The van der Waals surface area contributed by atoms with Crippen LogP contribution in [0.5, 0.6) is 5.75 Å². The molecule has 0 saturated carbocycles. The van der Waals surface area contributed by atoms with E-state index in [2.05, 4.69) is 4.90 Å². The molecule has 0 aliphatic carbocycles. The molecular formula is C29H30F2N2O4S. The topological polar surface area (TPSA) is 70.1 Å². The van der Waals surface area contributed by atoms with Crippen molar-refractivity contribution < 1.29 is 28.2 Å². The van der Waals surface area contributed by atoms with Crippen LogP contribution in [0.4, 0.5) is 8.78 Å². The molecule has 0 bridgehead atoms. The minimum atomic E-state index is -1.05. The van der Waals surface area contributed by atoms with Crippen LogP contribution in [0, 0.1) is 11.6 Å². The Balaban J connectivity index is 1.41. The van der Waals surface area contributed by atoms with Gasteiger partial charge < -0.3 is 19.6 Å². The Morgan fingerprint density at radius 1 is 1.03 bits per heavy atom. The quantitative estimate of drug-likeness (QED) is 0.322. The zero-order valence-electron chi connectivity index (χ0n) is 21.2. The van der Waals surface area contributed by atoms with Gasteiger partial charge in [0.05, 0.1) is 0 Å². The highest BCUT2D eigenvalue weighted by atomic mass is 32.2. The van der Waals surface area contributed by atoms with Gasteiger partial charge in [-0.25, -0.2) is 8.78 Å². The average molecular weight is 541 g/mol. The van der Waals surface area contributed by atoms with Gasteiger partial charge in [-0.3, -0.25) is 9.59 Å². The molecule has 38 heavy (non-hydrogen) atoms. The predicted molar refractivity (Wildman–Crippen MR) is 144 cm³/mol. The van der Waals surface area contributed by atoms with Gasteiger partial charge >= 0.3 is 5.97 Å². The molecule has 9 heteroatoms. The van der Waals surface area contributed by atoms with Gasteiger partial charge in [0.2, 0.25) is 0 Å². The maximum Gasteiger partial charge on any atom is 0.323 e. The van der Waals surface area contributed by atoms with Crippen molar-refractivity contribution in [1.29, 1.82) is 0 Å². The molecule has 0 radical (unpaired) electrons. The van der Waals surface area contributed by atoms with Crippen molar-refractivity contribution in [3.05, 3.63) is 83.4 Å². The standard InChI is InChI=1S/C29H30F2N2O4S/c1-38-27-17-26(31)25(30)16-24(27)21-7-9-23(10-8-21)37-19-20-5-4-6-22(15-20)29(36)33(18-28(34)35)14-13-32-11-2-3-12-32/h4-10,15-17H,2-3,11-14,18-19H2,1H3,(H,34,35). The van der Waals surface area contributed by atoms with Crippen LogP contribution in [0.2, 0.25) is 0 Å². The van der Waals surface area contributed by atoms with Crippen LogP contribution >= 0.6 is 11.8 Å². The molecule has 0 aromatic heterocycles. The molecule has 1 fully saturated rings. The molecule has 1 aliphatic heterocycles. The molecule has 1 aliphatic rings. The summed E-state index contributed by atoms with van der Waals surface area (Å²) in [6, 6.07) is 16.4. The molecule has 6 nitrogen and oxygen atoms in total. The van der Waals surface area contributed by atoms with Crippen LogP contribution in [0.1, 0.15) is 28.8 Å². The molecule has 1 heterocycles. The number of carboxylic acids is 1. The van der Waals surface area contributed by atoms with E-state index in [1.165, 1.54) is 28.8 Å². The number of halogens is 2. The number of likely N-dealkylation sites (tertiary alicyclic amines) is 1. The first-order chi connectivity index (χ1) is 18.3. The number of carbonyl (C=O) groups excluding carboxylic acids is 1. The summed E-state index contributed by atoms with van der Waals surface area (Å²) in [5, 5.41) is 9.32. The van der Waals surface area contributed by atoms with Crippen molar-refractivity contribution in [2.24, 2.45) is 0 Å². The lowest BCUT2D eigenvalue weighted by atomic mass is 10.1. The van der Waals surface area contributed by atoms with Crippen molar-refractivity contribution in [2.45, 2.75) is 24.3 Å². The monoisotopic (exact) mass is 540 g/mol.